The lowest BCUT2D eigenvalue weighted by Gasteiger charge is -2.13. The van der Waals surface area contributed by atoms with Crippen LogP contribution in [0.1, 0.15) is 10.4 Å². The molecule has 166 valence electrons. The third-order valence-electron chi connectivity index (χ3n) is 4.26. The van der Waals surface area contributed by atoms with Crippen LogP contribution < -0.4 is 20.1 Å². The van der Waals surface area contributed by atoms with Gasteiger partial charge in [0.1, 0.15) is 17.1 Å². The molecule has 3 aromatic carbocycles. The van der Waals surface area contributed by atoms with E-state index < -0.39 is 0 Å². The lowest BCUT2D eigenvalue weighted by Crippen LogP contribution is -2.15. The Balaban J connectivity index is 1.64. The van der Waals surface area contributed by atoms with Crippen LogP contribution in [0.25, 0.3) is 0 Å². The van der Waals surface area contributed by atoms with E-state index in [2.05, 4.69) is 10.6 Å². The first-order valence-corrected chi connectivity index (χ1v) is 11.1. The molecule has 9 heteroatoms. The van der Waals surface area contributed by atoms with E-state index in [1.807, 2.05) is 6.07 Å². The van der Waals surface area contributed by atoms with Gasteiger partial charge >= 0.3 is 0 Å². The van der Waals surface area contributed by atoms with E-state index in [0.29, 0.717) is 38.5 Å². The summed E-state index contributed by atoms with van der Waals surface area (Å²) < 4.78 is 10.6. The number of benzene rings is 3. The minimum absolute atomic E-state index is 0.169. The molecule has 0 heterocycles. The predicted molar refractivity (Wildman–Crippen MR) is 130 cm³/mol. The van der Waals surface area contributed by atoms with Gasteiger partial charge in [0.15, 0.2) is 0 Å². The average molecular weight is 491 g/mol. The van der Waals surface area contributed by atoms with Gasteiger partial charge in [-0.2, -0.15) is 0 Å². The van der Waals surface area contributed by atoms with Crippen molar-refractivity contribution in [3.05, 3.63) is 76.3 Å². The number of thioether (sulfide) groups is 1. The summed E-state index contributed by atoms with van der Waals surface area (Å²) in [4.78, 5) is 25.9. The number of hydrogen-bond donors (Lipinski definition) is 2. The summed E-state index contributed by atoms with van der Waals surface area (Å²) in [5, 5.41) is 6.49. The molecule has 0 aromatic heterocycles. The Hall–Kier alpha value is -2.87. The molecule has 0 aliphatic heterocycles. The van der Waals surface area contributed by atoms with Gasteiger partial charge in [-0.1, -0.05) is 35.3 Å². The number of hydrogen-bond acceptors (Lipinski definition) is 5. The monoisotopic (exact) mass is 490 g/mol. The molecule has 3 rings (SSSR count). The smallest absolute Gasteiger partial charge is 0.263 e. The number of methoxy groups -OCH3 is 2. The standard InChI is InChI=1S/C23H20Cl2N2O4S/c1-30-19-7-4-8-20(31-2)22(19)23(29)27-16-5-3-6-18(12-16)32-13-21(28)26-17-10-14(24)9-15(25)11-17/h3-12H,13H2,1-2H3,(H,26,28)(H,27,29). The second-order valence-corrected chi connectivity index (χ2v) is 8.44. The van der Waals surface area contributed by atoms with Gasteiger partial charge in [0.2, 0.25) is 5.91 Å². The average Bonchev–Trinajstić information content (AvgIpc) is 2.76. The van der Waals surface area contributed by atoms with Crippen molar-refractivity contribution in [1.29, 1.82) is 0 Å². The number of rotatable bonds is 8. The van der Waals surface area contributed by atoms with Gasteiger partial charge in [0, 0.05) is 26.3 Å². The first kappa shape index (κ1) is 23.8. The molecule has 0 unspecified atom stereocenters. The molecule has 0 bridgehead atoms. The fourth-order valence-corrected chi connectivity index (χ4v) is 4.19. The second kappa shape index (κ2) is 11.1. The van der Waals surface area contributed by atoms with E-state index in [9.17, 15) is 9.59 Å². The van der Waals surface area contributed by atoms with Crippen molar-refractivity contribution >= 4 is 58.2 Å². The summed E-state index contributed by atoms with van der Waals surface area (Å²) >= 11 is 13.2. The summed E-state index contributed by atoms with van der Waals surface area (Å²) in [6.45, 7) is 0. The van der Waals surface area contributed by atoms with Crippen molar-refractivity contribution in [2.45, 2.75) is 4.90 Å². The van der Waals surface area contributed by atoms with E-state index in [4.69, 9.17) is 32.7 Å². The zero-order valence-electron chi connectivity index (χ0n) is 17.3. The Labute approximate surface area is 200 Å². The van der Waals surface area contributed by atoms with E-state index >= 15 is 0 Å². The van der Waals surface area contributed by atoms with Gasteiger partial charge in [0.25, 0.3) is 5.91 Å². The maximum atomic E-state index is 12.8. The fraction of sp³-hybridized carbons (Fsp3) is 0.130. The highest BCUT2D eigenvalue weighted by Gasteiger charge is 2.18. The number of anilines is 2. The molecular formula is C23H20Cl2N2O4S. The van der Waals surface area contributed by atoms with Crippen LogP contribution in [0.4, 0.5) is 11.4 Å². The van der Waals surface area contributed by atoms with E-state index in [1.54, 1.807) is 54.6 Å². The SMILES string of the molecule is COc1cccc(OC)c1C(=O)Nc1cccc(SCC(=O)Nc2cc(Cl)cc(Cl)c2)c1. The van der Waals surface area contributed by atoms with Crippen LogP contribution in [0.15, 0.2) is 65.6 Å². The van der Waals surface area contributed by atoms with Crippen molar-refractivity contribution < 1.29 is 19.1 Å². The van der Waals surface area contributed by atoms with Crippen molar-refractivity contribution in [2.75, 3.05) is 30.6 Å². The van der Waals surface area contributed by atoms with Crippen molar-refractivity contribution in [1.82, 2.24) is 0 Å². The van der Waals surface area contributed by atoms with Gasteiger partial charge in [-0.3, -0.25) is 9.59 Å². The number of amides is 2. The number of carbonyl (C=O) groups excluding carboxylic acids is 2. The van der Waals surface area contributed by atoms with Crippen LogP contribution in [-0.2, 0) is 4.79 Å². The molecule has 0 spiro atoms. The summed E-state index contributed by atoms with van der Waals surface area (Å²) in [6.07, 6.45) is 0. The van der Waals surface area contributed by atoms with Crippen LogP contribution in [0.3, 0.4) is 0 Å². The van der Waals surface area contributed by atoms with Crippen LogP contribution in [0.2, 0.25) is 10.0 Å². The van der Waals surface area contributed by atoms with Gasteiger partial charge in [-0.05, 0) is 48.5 Å². The van der Waals surface area contributed by atoms with Crippen molar-refractivity contribution in [2.24, 2.45) is 0 Å². The zero-order valence-corrected chi connectivity index (χ0v) is 19.6. The van der Waals surface area contributed by atoms with Crippen LogP contribution >= 0.6 is 35.0 Å². The van der Waals surface area contributed by atoms with Crippen LogP contribution in [0, 0.1) is 0 Å². The molecule has 32 heavy (non-hydrogen) atoms. The van der Waals surface area contributed by atoms with Crippen LogP contribution in [0.5, 0.6) is 11.5 Å². The van der Waals surface area contributed by atoms with E-state index in [-0.39, 0.29) is 17.6 Å². The highest BCUT2D eigenvalue weighted by atomic mass is 35.5. The maximum absolute atomic E-state index is 12.8. The molecule has 2 N–H and O–H groups in total. The minimum atomic E-state index is -0.364. The molecule has 2 amide bonds. The fourth-order valence-electron chi connectivity index (χ4n) is 2.90. The topological polar surface area (TPSA) is 76.7 Å². The maximum Gasteiger partial charge on any atom is 0.263 e. The third kappa shape index (κ3) is 6.32. The lowest BCUT2D eigenvalue weighted by molar-refractivity contribution is -0.113. The Bertz CT molecular complexity index is 1100. The highest BCUT2D eigenvalue weighted by molar-refractivity contribution is 8.00. The number of nitrogens with one attached hydrogen (secondary N) is 2. The molecule has 0 aliphatic rings. The Morgan fingerprint density at radius 3 is 2.09 bits per heavy atom. The first-order chi connectivity index (χ1) is 15.4. The van der Waals surface area contributed by atoms with Gasteiger partial charge in [-0.15, -0.1) is 11.8 Å². The molecule has 6 nitrogen and oxygen atoms in total. The molecule has 0 radical (unpaired) electrons. The number of ether oxygens (including phenoxy) is 2. The van der Waals surface area contributed by atoms with E-state index in [1.165, 1.54) is 26.0 Å². The first-order valence-electron chi connectivity index (χ1n) is 9.40. The Kier molecular flexibility index (Phi) is 8.27. The number of halogens is 2. The molecule has 0 aliphatic carbocycles. The molecule has 3 aromatic rings. The van der Waals surface area contributed by atoms with Crippen LogP contribution in [-0.4, -0.2) is 31.8 Å². The van der Waals surface area contributed by atoms with Crippen molar-refractivity contribution in [3.63, 3.8) is 0 Å². The molecular weight excluding hydrogens is 471 g/mol. The normalized spacial score (nSPS) is 10.4. The third-order valence-corrected chi connectivity index (χ3v) is 5.69. The summed E-state index contributed by atoms with van der Waals surface area (Å²) in [5.74, 6) is 0.413. The molecule has 0 fully saturated rings. The van der Waals surface area contributed by atoms with E-state index in [0.717, 1.165) is 4.90 Å². The highest BCUT2D eigenvalue weighted by Crippen LogP contribution is 2.30. The summed E-state index contributed by atoms with van der Waals surface area (Å²) in [5.41, 5.74) is 1.41. The zero-order chi connectivity index (χ0) is 23.1. The second-order valence-electron chi connectivity index (χ2n) is 6.51. The van der Waals surface area contributed by atoms with Gasteiger partial charge in [0.05, 0.1) is 20.0 Å². The summed E-state index contributed by atoms with van der Waals surface area (Å²) in [6, 6.07) is 17.2. The Morgan fingerprint density at radius 2 is 1.47 bits per heavy atom. The molecule has 0 saturated carbocycles. The quantitative estimate of drug-likeness (QED) is 0.379. The Morgan fingerprint density at radius 1 is 0.844 bits per heavy atom. The predicted octanol–water partition coefficient (Wildman–Crippen LogP) is 5.99. The largest absolute Gasteiger partial charge is 0.496 e. The summed E-state index contributed by atoms with van der Waals surface area (Å²) in [7, 11) is 2.98. The number of carbonyl (C=O) groups is 2. The van der Waals surface area contributed by atoms with Crippen molar-refractivity contribution in [3.8, 4) is 11.5 Å². The molecule has 0 atom stereocenters. The lowest BCUT2D eigenvalue weighted by atomic mass is 10.1. The van der Waals surface area contributed by atoms with Gasteiger partial charge < -0.3 is 20.1 Å². The molecule has 0 saturated heterocycles. The minimum Gasteiger partial charge on any atom is -0.496 e. The van der Waals surface area contributed by atoms with Gasteiger partial charge in [-0.25, -0.2) is 0 Å².